The highest BCUT2D eigenvalue weighted by Gasteiger charge is 2.45. The Hall–Kier alpha value is -3.46. The van der Waals surface area contributed by atoms with Gasteiger partial charge >= 0.3 is 0 Å². The van der Waals surface area contributed by atoms with Crippen molar-refractivity contribution >= 4 is 39.9 Å². The molecule has 8 nitrogen and oxygen atoms in total. The number of amides is 2. The summed E-state index contributed by atoms with van der Waals surface area (Å²) in [4.78, 5) is 38.9. The fourth-order valence-electron chi connectivity index (χ4n) is 5.08. The summed E-state index contributed by atoms with van der Waals surface area (Å²) in [7, 11) is 0. The van der Waals surface area contributed by atoms with Gasteiger partial charge in [-0.05, 0) is 56.8 Å². The zero-order valence-corrected chi connectivity index (χ0v) is 20.4. The average Bonchev–Trinajstić information content (AvgIpc) is 3.57. The van der Waals surface area contributed by atoms with Crippen molar-refractivity contribution in [1.29, 1.82) is 0 Å². The van der Waals surface area contributed by atoms with Gasteiger partial charge in [0.1, 0.15) is 5.69 Å². The highest BCUT2D eigenvalue weighted by atomic mass is 32.1. The van der Waals surface area contributed by atoms with E-state index < -0.39 is 5.41 Å². The lowest BCUT2D eigenvalue weighted by Crippen LogP contribution is -2.40. The third-order valence-corrected chi connectivity index (χ3v) is 7.81. The molecule has 0 unspecified atom stereocenters. The van der Waals surface area contributed by atoms with Crippen LogP contribution in [0.5, 0.6) is 0 Å². The van der Waals surface area contributed by atoms with E-state index in [9.17, 15) is 9.59 Å². The fraction of sp³-hybridized carbons (Fsp3) is 0.360. The van der Waals surface area contributed by atoms with Crippen LogP contribution in [0.15, 0.2) is 29.6 Å². The molecule has 6 rings (SSSR count). The molecule has 0 atom stereocenters. The quantitative estimate of drug-likeness (QED) is 0.465. The molecule has 34 heavy (non-hydrogen) atoms. The molecule has 9 heteroatoms. The third kappa shape index (κ3) is 3.03. The maximum absolute atomic E-state index is 13.0. The number of imidazole rings is 1. The van der Waals surface area contributed by atoms with Crippen molar-refractivity contribution in [3.63, 3.8) is 0 Å². The van der Waals surface area contributed by atoms with Crippen molar-refractivity contribution in [3.8, 4) is 11.5 Å². The Bertz CT molecular complexity index is 1450. The van der Waals surface area contributed by atoms with Gasteiger partial charge in [0.2, 0.25) is 11.8 Å². The first-order valence-corrected chi connectivity index (χ1v) is 12.4. The fourth-order valence-corrected chi connectivity index (χ4v) is 5.78. The molecule has 2 N–H and O–H groups in total. The average molecular weight is 475 g/mol. The van der Waals surface area contributed by atoms with E-state index in [1.807, 2.05) is 67.1 Å². The first-order valence-electron chi connectivity index (χ1n) is 11.5. The maximum atomic E-state index is 13.0. The molecule has 0 bridgehead atoms. The van der Waals surface area contributed by atoms with Gasteiger partial charge < -0.3 is 14.8 Å². The Kier molecular flexibility index (Phi) is 4.51. The molecular weight excluding hydrogens is 448 g/mol. The molecule has 2 amide bonds. The Labute approximate surface area is 201 Å². The number of hydrogen-bond donors (Lipinski definition) is 2. The number of nitrogens with one attached hydrogen (secondary N) is 2. The number of carbonyl (C=O) groups is 2. The van der Waals surface area contributed by atoms with Gasteiger partial charge in [-0.2, -0.15) is 5.10 Å². The summed E-state index contributed by atoms with van der Waals surface area (Å²) in [5.41, 5.74) is 5.72. The second-order valence-electron chi connectivity index (χ2n) is 9.90. The summed E-state index contributed by atoms with van der Waals surface area (Å²) in [5.74, 6) is 0.895. The van der Waals surface area contributed by atoms with E-state index in [1.54, 1.807) is 11.3 Å². The maximum Gasteiger partial charge on any atom is 0.237 e. The third-order valence-electron chi connectivity index (χ3n) is 6.94. The summed E-state index contributed by atoms with van der Waals surface area (Å²) < 4.78 is 0. The number of thiophene rings is 1. The lowest BCUT2D eigenvalue weighted by atomic mass is 9.86. The number of nitrogens with zero attached hydrogens (tertiary/aromatic N) is 4. The largest absolute Gasteiger partial charge is 0.337 e. The van der Waals surface area contributed by atoms with Crippen molar-refractivity contribution in [2.75, 3.05) is 4.90 Å². The molecule has 0 radical (unpaired) electrons. The highest BCUT2D eigenvalue weighted by molar-refractivity contribution is 7.10. The zero-order chi connectivity index (χ0) is 23.8. The van der Waals surface area contributed by atoms with Crippen molar-refractivity contribution < 1.29 is 9.59 Å². The summed E-state index contributed by atoms with van der Waals surface area (Å²) in [6.07, 6.45) is 0.418. The Morgan fingerprint density at radius 3 is 2.82 bits per heavy atom. The van der Waals surface area contributed by atoms with Crippen molar-refractivity contribution in [1.82, 2.24) is 25.1 Å². The minimum atomic E-state index is -0.587. The van der Waals surface area contributed by atoms with E-state index in [2.05, 4.69) is 15.2 Å². The van der Waals surface area contributed by atoms with Crippen LogP contribution in [0.1, 0.15) is 49.4 Å². The van der Waals surface area contributed by atoms with E-state index in [0.29, 0.717) is 25.3 Å². The van der Waals surface area contributed by atoms with Gasteiger partial charge in [0.15, 0.2) is 5.82 Å². The minimum absolute atomic E-state index is 0.0659. The van der Waals surface area contributed by atoms with E-state index in [4.69, 9.17) is 4.98 Å². The SMILES string of the molecule is CC(C)N1C(=O)C(C)(C)c2cc3[nH]c(-c4n[nH]c5c4CN(C(=O)Cc4cccs4)C5)nc3cc21. The molecule has 5 heterocycles. The van der Waals surface area contributed by atoms with Crippen LogP contribution in [0.4, 0.5) is 5.69 Å². The Morgan fingerprint density at radius 1 is 1.26 bits per heavy atom. The molecule has 0 saturated heterocycles. The summed E-state index contributed by atoms with van der Waals surface area (Å²) in [6, 6.07) is 8.07. The van der Waals surface area contributed by atoms with Crippen molar-refractivity contribution in [3.05, 3.63) is 51.3 Å². The lowest BCUT2D eigenvalue weighted by molar-refractivity contribution is -0.131. The van der Waals surface area contributed by atoms with Crippen LogP contribution in [0, 0.1) is 0 Å². The van der Waals surface area contributed by atoms with Crippen LogP contribution < -0.4 is 4.90 Å². The molecule has 2 aliphatic rings. The van der Waals surface area contributed by atoms with Gasteiger partial charge in [0, 0.05) is 16.5 Å². The highest BCUT2D eigenvalue weighted by Crippen LogP contribution is 2.44. The van der Waals surface area contributed by atoms with Crippen molar-refractivity contribution in [2.24, 2.45) is 0 Å². The van der Waals surface area contributed by atoms with Crippen LogP contribution in [0.25, 0.3) is 22.6 Å². The number of aromatic nitrogens is 4. The number of benzene rings is 1. The number of anilines is 1. The van der Waals surface area contributed by atoms with Crippen LogP contribution in [-0.4, -0.2) is 42.9 Å². The van der Waals surface area contributed by atoms with Crippen LogP contribution >= 0.6 is 11.3 Å². The molecular formula is C25H26N6O2S. The van der Waals surface area contributed by atoms with E-state index in [-0.39, 0.29) is 17.9 Å². The summed E-state index contributed by atoms with van der Waals surface area (Å²) >= 11 is 1.60. The van der Waals surface area contributed by atoms with E-state index >= 15 is 0 Å². The number of rotatable bonds is 4. The number of hydrogen-bond acceptors (Lipinski definition) is 5. The van der Waals surface area contributed by atoms with Crippen LogP contribution in [0.3, 0.4) is 0 Å². The minimum Gasteiger partial charge on any atom is -0.337 e. The molecule has 2 aliphatic heterocycles. The molecule has 0 spiro atoms. The van der Waals surface area contributed by atoms with Gasteiger partial charge in [0.25, 0.3) is 0 Å². The molecule has 174 valence electrons. The molecule has 4 aromatic rings. The van der Waals surface area contributed by atoms with E-state index in [0.717, 1.165) is 44.1 Å². The standard InChI is InChI=1S/C25H26N6O2S/c1-13(2)31-20-10-18-17(9-16(20)25(3,4)24(31)33)26-23(27-18)22-15-11-30(12-19(15)28-29-22)21(32)8-14-6-5-7-34-14/h5-7,9-10,13H,8,11-12H2,1-4H3,(H,26,27)(H,28,29). The van der Waals surface area contributed by atoms with Gasteiger partial charge in [-0.25, -0.2) is 4.98 Å². The number of fused-ring (bicyclic) bond motifs is 3. The molecule has 0 saturated carbocycles. The Balaban J connectivity index is 1.33. The monoisotopic (exact) mass is 474 g/mol. The predicted molar refractivity (Wildman–Crippen MR) is 132 cm³/mol. The molecule has 1 aromatic carbocycles. The zero-order valence-electron chi connectivity index (χ0n) is 19.6. The second-order valence-corrected chi connectivity index (χ2v) is 10.9. The summed E-state index contributed by atoms with van der Waals surface area (Å²) in [6.45, 7) is 9.05. The van der Waals surface area contributed by atoms with E-state index in [1.165, 1.54) is 0 Å². The van der Waals surface area contributed by atoms with Gasteiger partial charge in [-0.15, -0.1) is 11.3 Å². The smallest absolute Gasteiger partial charge is 0.237 e. The number of H-pyrrole nitrogens is 2. The first kappa shape index (κ1) is 21.1. The van der Waals surface area contributed by atoms with Gasteiger partial charge in [-0.1, -0.05) is 6.07 Å². The van der Waals surface area contributed by atoms with Crippen LogP contribution in [-0.2, 0) is 34.5 Å². The van der Waals surface area contributed by atoms with Gasteiger partial charge in [-0.3, -0.25) is 14.7 Å². The van der Waals surface area contributed by atoms with Crippen LogP contribution in [0.2, 0.25) is 0 Å². The molecule has 3 aromatic heterocycles. The summed E-state index contributed by atoms with van der Waals surface area (Å²) in [5, 5.41) is 9.61. The normalized spacial score (nSPS) is 16.7. The molecule has 0 aliphatic carbocycles. The predicted octanol–water partition coefficient (Wildman–Crippen LogP) is 4.13. The first-order chi connectivity index (χ1) is 16.2. The van der Waals surface area contributed by atoms with Gasteiger partial charge in [0.05, 0.1) is 47.3 Å². The van der Waals surface area contributed by atoms with Crippen molar-refractivity contribution in [2.45, 2.75) is 58.7 Å². The number of carbonyl (C=O) groups excluding carboxylic acids is 2. The Morgan fingerprint density at radius 2 is 2.09 bits per heavy atom. The lowest BCUT2D eigenvalue weighted by Gasteiger charge is -2.24. The number of aromatic amines is 2. The second kappa shape index (κ2) is 7.27. The molecule has 0 fully saturated rings. The topological polar surface area (TPSA) is 98.0 Å².